The van der Waals surface area contributed by atoms with Crippen LogP contribution in [0.4, 0.5) is 0 Å². The Morgan fingerprint density at radius 3 is 1.57 bits per heavy atom. The van der Waals surface area contributed by atoms with Crippen molar-refractivity contribution in [3.63, 3.8) is 0 Å². The summed E-state index contributed by atoms with van der Waals surface area (Å²) in [6.07, 6.45) is 1.51. The van der Waals surface area contributed by atoms with Crippen LogP contribution in [-0.4, -0.2) is 19.5 Å². The number of aldehydes is 1. The van der Waals surface area contributed by atoms with E-state index >= 15 is 0 Å². The highest BCUT2D eigenvalue weighted by atomic mass is 32.2. The maximum atomic E-state index is 12.2. The molecule has 1 rings (SSSR count). The molecule has 0 unspecified atom stereocenters. The Balaban J connectivity index is 0.000000885. The van der Waals surface area contributed by atoms with Crippen LogP contribution in [0.1, 0.15) is 60.5 Å². The SMILES string of the molecule is CC(C)(C)c1ccc(S(=O)(=O)C(C)(C)C)cc1.CCC=O. The van der Waals surface area contributed by atoms with Crippen molar-refractivity contribution in [1.29, 1.82) is 0 Å². The lowest BCUT2D eigenvalue weighted by atomic mass is 9.87. The van der Waals surface area contributed by atoms with E-state index in [4.69, 9.17) is 0 Å². The highest BCUT2D eigenvalue weighted by molar-refractivity contribution is 7.92. The van der Waals surface area contributed by atoms with Gasteiger partial charge in [0.25, 0.3) is 0 Å². The smallest absolute Gasteiger partial charge is 0.183 e. The van der Waals surface area contributed by atoms with Crippen molar-refractivity contribution in [2.75, 3.05) is 0 Å². The standard InChI is InChI=1S/C14H22O2S.C3H6O/c1-13(2,3)11-7-9-12(10-8-11)17(15,16)14(4,5)6;1-2-3-4/h7-10H,1-6H3;3H,2H2,1H3. The molecule has 0 aliphatic heterocycles. The molecule has 1 aromatic rings. The minimum atomic E-state index is -3.24. The molecule has 120 valence electrons. The van der Waals surface area contributed by atoms with Crippen molar-refractivity contribution in [2.24, 2.45) is 0 Å². The molecule has 1 aromatic carbocycles. The topological polar surface area (TPSA) is 51.2 Å². The molecule has 0 radical (unpaired) electrons. The molecule has 21 heavy (non-hydrogen) atoms. The maximum absolute atomic E-state index is 12.2. The van der Waals surface area contributed by atoms with Gasteiger partial charge in [0.05, 0.1) is 9.64 Å². The van der Waals surface area contributed by atoms with Crippen LogP contribution in [0.3, 0.4) is 0 Å². The predicted molar refractivity (Wildman–Crippen MR) is 88.4 cm³/mol. The average molecular weight is 312 g/mol. The number of carbonyl (C=O) groups is 1. The van der Waals surface area contributed by atoms with Gasteiger partial charge in [0.1, 0.15) is 6.29 Å². The van der Waals surface area contributed by atoms with Crippen molar-refractivity contribution in [2.45, 2.75) is 69.9 Å². The zero-order chi connectivity index (χ0) is 16.9. The molecule has 0 fully saturated rings. The monoisotopic (exact) mass is 312 g/mol. The number of carbonyl (C=O) groups excluding carboxylic acids is 1. The molecule has 0 amide bonds. The second-order valence-electron chi connectivity index (χ2n) is 6.97. The van der Waals surface area contributed by atoms with E-state index in [9.17, 15) is 13.2 Å². The molecular weight excluding hydrogens is 284 g/mol. The highest BCUT2D eigenvalue weighted by Crippen LogP contribution is 2.28. The summed E-state index contributed by atoms with van der Waals surface area (Å²) in [7, 11) is -3.24. The van der Waals surface area contributed by atoms with Crippen LogP contribution in [0.2, 0.25) is 0 Å². The maximum Gasteiger partial charge on any atom is 0.183 e. The van der Waals surface area contributed by atoms with E-state index in [1.165, 1.54) is 0 Å². The molecule has 0 heterocycles. The number of hydrogen-bond donors (Lipinski definition) is 0. The molecular formula is C17H28O3S. The minimum Gasteiger partial charge on any atom is -0.303 e. The molecule has 0 saturated carbocycles. The normalized spacial score (nSPS) is 12.3. The third-order valence-corrected chi connectivity index (χ3v) is 5.51. The van der Waals surface area contributed by atoms with Crippen LogP contribution in [0.15, 0.2) is 29.2 Å². The van der Waals surface area contributed by atoms with Crippen LogP contribution in [-0.2, 0) is 20.0 Å². The summed E-state index contributed by atoms with van der Waals surface area (Å²) in [5.74, 6) is 0. The summed E-state index contributed by atoms with van der Waals surface area (Å²) >= 11 is 0. The van der Waals surface area contributed by atoms with Crippen LogP contribution in [0.5, 0.6) is 0 Å². The van der Waals surface area contributed by atoms with E-state index < -0.39 is 14.6 Å². The molecule has 0 bridgehead atoms. The zero-order valence-electron chi connectivity index (χ0n) is 14.2. The molecule has 0 aromatic heterocycles. The molecule has 0 aliphatic carbocycles. The van der Waals surface area contributed by atoms with Gasteiger partial charge in [-0.15, -0.1) is 0 Å². The first-order valence-corrected chi connectivity index (χ1v) is 8.65. The third-order valence-electron chi connectivity index (χ3n) is 3.00. The van der Waals surface area contributed by atoms with Gasteiger partial charge in [0.15, 0.2) is 9.84 Å². The van der Waals surface area contributed by atoms with Gasteiger partial charge in [-0.2, -0.15) is 0 Å². The van der Waals surface area contributed by atoms with Gasteiger partial charge in [0.2, 0.25) is 0 Å². The van der Waals surface area contributed by atoms with Crippen molar-refractivity contribution < 1.29 is 13.2 Å². The first-order chi connectivity index (χ1) is 9.37. The van der Waals surface area contributed by atoms with Crippen LogP contribution in [0, 0.1) is 0 Å². The van der Waals surface area contributed by atoms with E-state index in [1.807, 2.05) is 19.1 Å². The lowest BCUT2D eigenvalue weighted by molar-refractivity contribution is -0.107. The lowest BCUT2D eigenvalue weighted by Gasteiger charge is -2.22. The Morgan fingerprint density at radius 2 is 1.33 bits per heavy atom. The quantitative estimate of drug-likeness (QED) is 0.771. The largest absolute Gasteiger partial charge is 0.303 e. The van der Waals surface area contributed by atoms with Gasteiger partial charge in [-0.3, -0.25) is 0 Å². The molecule has 0 spiro atoms. The predicted octanol–water partition coefficient (Wildman–Crippen LogP) is 4.15. The number of rotatable bonds is 2. The Bertz CT molecular complexity index is 541. The van der Waals surface area contributed by atoms with Gasteiger partial charge >= 0.3 is 0 Å². The Hall–Kier alpha value is -1.16. The summed E-state index contributed by atoms with van der Waals surface area (Å²) in [5, 5.41) is 0. The first-order valence-electron chi connectivity index (χ1n) is 7.16. The Kier molecular flexibility index (Phi) is 6.81. The van der Waals surface area contributed by atoms with Crippen LogP contribution >= 0.6 is 0 Å². The van der Waals surface area contributed by atoms with E-state index in [2.05, 4.69) is 20.8 Å². The van der Waals surface area contributed by atoms with Gasteiger partial charge in [-0.05, 0) is 43.9 Å². The summed E-state index contributed by atoms with van der Waals surface area (Å²) in [5.41, 5.74) is 1.19. The molecule has 3 nitrogen and oxygen atoms in total. The minimum absolute atomic E-state index is 0.0457. The van der Waals surface area contributed by atoms with Crippen molar-refractivity contribution in [1.82, 2.24) is 0 Å². The fraction of sp³-hybridized carbons (Fsp3) is 0.588. The highest BCUT2D eigenvalue weighted by Gasteiger charge is 2.30. The van der Waals surface area contributed by atoms with E-state index in [0.29, 0.717) is 11.3 Å². The number of sulfone groups is 1. The van der Waals surface area contributed by atoms with Crippen molar-refractivity contribution in [3.05, 3.63) is 29.8 Å². The lowest BCUT2D eigenvalue weighted by Crippen LogP contribution is -2.28. The van der Waals surface area contributed by atoms with Crippen molar-refractivity contribution >= 4 is 16.1 Å². The third kappa shape index (κ3) is 5.62. The summed E-state index contributed by atoms with van der Waals surface area (Å²) in [4.78, 5) is 9.57. The molecule has 4 heteroatoms. The first kappa shape index (κ1) is 19.8. The van der Waals surface area contributed by atoms with Gasteiger partial charge < -0.3 is 4.79 Å². The number of benzene rings is 1. The fourth-order valence-electron chi connectivity index (χ4n) is 1.49. The van der Waals surface area contributed by atoms with Crippen LogP contribution < -0.4 is 0 Å². The average Bonchev–Trinajstić information content (AvgIpc) is 2.37. The molecule has 0 saturated heterocycles. The summed E-state index contributed by atoms with van der Waals surface area (Å²) in [6.45, 7) is 13.3. The van der Waals surface area contributed by atoms with E-state index in [-0.39, 0.29) is 5.41 Å². The summed E-state index contributed by atoms with van der Waals surface area (Å²) in [6, 6.07) is 7.22. The second-order valence-corrected chi connectivity index (χ2v) is 9.67. The van der Waals surface area contributed by atoms with E-state index in [0.717, 1.165) is 11.8 Å². The van der Waals surface area contributed by atoms with Crippen LogP contribution in [0.25, 0.3) is 0 Å². The van der Waals surface area contributed by atoms with Crippen molar-refractivity contribution in [3.8, 4) is 0 Å². The zero-order valence-corrected chi connectivity index (χ0v) is 15.0. The van der Waals surface area contributed by atoms with Gasteiger partial charge in [-0.1, -0.05) is 39.8 Å². The molecule has 0 N–H and O–H groups in total. The number of hydrogen-bond acceptors (Lipinski definition) is 3. The van der Waals surface area contributed by atoms with Gasteiger partial charge in [0, 0.05) is 6.42 Å². The molecule has 0 aliphatic rings. The Labute approximate surface area is 129 Å². The van der Waals surface area contributed by atoms with Gasteiger partial charge in [-0.25, -0.2) is 8.42 Å². The molecule has 0 atom stereocenters. The summed E-state index contributed by atoms with van der Waals surface area (Å²) < 4.78 is 23.7. The van der Waals surface area contributed by atoms with E-state index in [1.54, 1.807) is 32.9 Å². The fourth-order valence-corrected chi connectivity index (χ4v) is 2.69. The second kappa shape index (κ2) is 7.21. The Morgan fingerprint density at radius 1 is 0.952 bits per heavy atom.